The van der Waals surface area contributed by atoms with Crippen LogP contribution in [0.1, 0.15) is 62.6 Å². The normalized spacial score (nSPS) is 25.7. The van der Waals surface area contributed by atoms with Crippen LogP contribution in [0.5, 0.6) is 0 Å². The Morgan fingerprint density at radius 2 is 1.88 bits per heavy atom. The molecule has 4 heteroatoms. The number of hydrogen-bond acceptors (Lipinski definition) is 2. The molecule has 0 spiro atoms. The summed E-state index contributed by atoms with van der Waals surface area (Å²) in [5.74, 6) is 1.79. The molecule has 2 fully saturated rings. The molecular weight excluding hydrogens is 332 g/mol. The van der Waals surface area contributed by atoms with Crippen molar-refractivity contribution in [2.75, 3.05) is 13.1 Å². The van der Waals surface area contributed by atoms with Gasteiger partial charge in [0.05, 0.1) is 6.04 Å². The van der Waals surface area contributed by atoms with Crippen LogP contribution in [0.3, 0.4) is 0 Å². The van der Waals surface area contributed by atoms with Crippen molar-refractivity contribution in [3.05, 3.63) is 35.4 Å². The van der Waals surface area contributed by atoms with E-state index in [0.717, 1.165) is 31.8 Å². The van der Waals surface area contributed by atoms with Gasteiger partial charge in [-0.2, -0.15) is 0 Å². The minimum atomic E-state index is 0. The number of halogens is 1. The molecule has 2 aliphatic rings. The largest absolute Gasteiger partial charge is 0.349 e. The Bertz CT molecular complexity index is 557. The van der Waals surface area contributed by atoms with E-state index in [0.29, 0.717) is 5.92 Å². The molecule has 0 aromatic heterocycles. The van der Waals surface area contributed by atoms with E-state index < -0.39 is 0 Å². The Morgan fingerprint density at radius 3 is 2.56 bits per heavy atom. The fraction of sp³-hybridized carbons (Fsp3) is 0.667. The number of benzene rings is 1. The average Bonchev–Trinajstić information content (AvgIpc) is 2.61. The SMILES string of the molecule is Cc1ccccc1C(NC(=O)C1CCNCC1)C1CCCC(C)C1.Cl. The fourth-order valence-electron chi connectivity index (χ4n) is 4.52. The van der Waals surface area contributed by atoms with Gasteiger partial charge in [-0.3, -0.25) is 4.79 Å². The summed E-state index contributed by atoms with van der Waals surface area (Å²) in [6.07, 6.45) is 7.01. The van der Waals surface area contributed by atoms with Crippen LogP contribution in [0.4, 0.5) is 0 Å². The minimum Gasteiger partial charge on any atom is -0.349 e. The first kappa shape index (κ1) is 20.3. The molecule has 1 aromatic carbocycles. The Morgan fingerprint density at radius 1 is 1.16 bits per heavy atom. The van der Waals surface area contributed by atoms with Crippen molar-refractivity contribution in [2.24, 2.45) is 17.8 Å². The van der Waals surface area contributed by atoms with Crippen LogP contribution in [-0.4, -0.2) is 19.0 Å². The summed E-state index contributed by atoms with van der Waals surface area (Å²) in [5.41, 5.74) is 2.62. The van der Waals surface area contributed by atoms with Crippen molar-refractivity contribution in [1.82, 2.24) is 10.6 Å². The zero-order valence-corrected chi connectivity index (χ0v) is 16.4. The smallest absolute Gasteiger partial charge is 0.223 e. The number of carbonyl (C=O) groups is 1. The quantitative estimate of drug-likeness (QED) is 0.831. The summed E-state index contributed by atoms with van der Waals surface area (Å²) >= 11 is 0. The van der Waals surface area contributed by atoms with Gasteiger partial charge in [0.25, 0.3) is 0 Å². The van der Waals surface area contributed by atoms with Gasteiger partial charge in [0.15, 0.2) is 0 Å². The molecule has 0 radical (unpaired) electrons. The van der Waals surface area contributed by atoms with Crippen LogP contribution in [0, 0.1) is 24.7 Å². The van der Waals surface area contributed by atoms with Crippen LogP contribution in [0.15, 0.2) is 24.3 Å². The first-order chi connectivity index (χ1) is 11.6. The molecule has 3 nitrogen and oxygen atoms in total. The van der Waals surface area contributed by atoms with Gasteiger partial charge in [-0.25, -0.2) is 0 Å². The van der Waals surface area contributed by atoms with E-state index in [4.69, 9.17) is 0 Å². The van der Waals surface area contributed by atoms with E-state index in [1.54, 1.807) is 0 Å². The molecule has 3 unspecified atom stereocenters. The van der Waals surface area contributed by atoms with Crippen molar-refractivity contribution >= 4 is 18.3 Å². The van der Waals surface area contributed by atoms with E-state index in [-0.39, 0.29) is 30.3 Å². The van der Waals surface area contributed by atoms with Crippen molar-refractivity contribution in [1.29, 1.82) is 0 Å². The van der Waals surface area contributed by atoms with Crippen molar-refractivity contribution in [3.8, 4) is 0 Å². The second-order valence-electron chi connectivity index (χ2n) is 7.90. The lowest BCUT2D eigenvalue weighted by Gasteiger charge is -2.36. The molecule has 1 aliphatic carbocycles. The number of carbonyl (C=O) groups excluding carboxylic acids is 1. The monoisotopic (exact) mass is 364 g/mol. The van der Waals surface area contributed by atoms with E-state index in [1.807, 2.05) is 0 Å². The molecule has 3 rings (SSSR count). The highest BCUT2D eigenvalue weighted by atomic mass is 35.5. The van der Waals surface area contributed by atoms with Gasteiger partial charge in [0, 0.05) is 5.92 Å². The zero-order chi connectivity index (χ0) is 16.9. The highest BCUT2D eigenvalue weighted by molar-refractivity contribution is 5.85. The van der Waals surface area contributed by atoms with Crippen LogP contribution < -0.4 is 10.6 Å². The summed E-state index contributed by atoms with van der Waals surface area (Å²) in [7, 11) is 0. The molecule has 2 N–H and O–H groups in total. The first-order valence-electron chi connectivity index (χ1n) is 9.71. The fourth-order valence-corrected chi connectivity index (χ4v) is 4.52. The van der Waals surface area contributed by atoms with Gasteiger partial charge in [0.2, 0.25) is 5.91 Å². The van der Waals surface area contributed by atoms with Crippen LogP contribution in [0.2, 0.25) is 0 Å². The third-order valence-corrected chi connectivity index (χ3v) is 5.98. The second kappa shape index (κ2) is 9.59. The van der Waals surface area contributed by atoms with Gasteiger partial charge < -0.3 is 10.6 Å². The average molecular weight is 365 g/mol. The van der Waals surface area contributed by atoms with Crippen LogP contribution in [-0.2, 0) is 4.79 Å². The van der Waals surface area contributed by atoms with Crippen molar-refractivity contribution in [2.45, 2.75) is 58.4 Å². The lowest BCUT2D eigenvalue weighted by atomic mass is 9.76. The van der Waals surface area contributed by atoms with E-state index in [9.17, 15) is 4.79 Å². The molecule has 1 heterocycles. The number of nitrogens with one attached hydrogen (secondary N) is 2. The topological polar surface area (TPSA) is 41.1 Å². The zero-order valence-electron chi connectivity index (χ0n) is 15.6. The second-order valence-corrected chi connectivity index (χ2v) is 7.90. The number of amides is 1. The van der Waals surface area contributed by atoms with Gasteiger partial charge in [-0.15, -0.1) is 12.4 Å². The summed E-state index contributed by atoms with van der Waals surface area (Å²) in [6.45, 7) is 6.46. The number of hydrogen-bond donors (Lipinski definition) is 2. The Balaban J connectivity index is 0.00000225. The molecule has 0 bridgehead atoms. The van der Waals surface area contributed by atoms with Crippen LogP contribution >= 0.6 is 12.4 Å². The molecule has 1 aromatic rings. The van der Waals surface area contributed by atoms with Gasteiger partial charge in [-0.05, 0) is 68.7 Å². The van der Waals surface area contributed by atoms with Crippen molar-refractivity contribution < 1.29 is 4.79 Å². The Kier molecular flexibility index (Phi) is 7.77. The maximum Gasteiger partial charge on any atom is 0.223 e. The van der Waals surface area contributed by atoms with E-state index in [2.05, 4.69) is 48.7 Å². The number of aryl methyl sites for hydroxylation is 1. The summed E-state index contributed by atoms with van der Waals surface area (Å²) < 4.78 is 0. The molecule has 3 atom stereocenters. The van der Waals surface area contributed by atoms with Crippen molar-refractivity contribution in [3.63, 3.8) is 0 Å². The molecule has 140 valence electrons. The first-order valence-corrected chi connectivity index (χ1v) is 9.71. The van der Waals surface area contributed by atoms with Crippen LogP contribution in [0.25, 0.3) is 0 Å². The predicted octanol–water partition coefficient (Wildman–Crippen LogP) is 4.40. The summed E-state index contributed by atoms with van der Waals surface area (Å²) in [4.78, 5) is 12.9. The standard InChI is InChI=1S/C21H32N2O.ClH/c1-15-6-5-8-18(14-15)20(19-9-4-3-7-16(19)2)23-21(24)17-10-12-22-13-11-17;/h3-4,7,9,15,17-18,20,22H,5-6,8,10-14H2,1-2H3,(H,23,24);1H. The maximum absolute atomic E-state index is 12.9. The molecule has 1 saturated heterocycles. The van der Waals surface area contributed by atoms with Gasteiger partial charge >= 0.3 is 0 Å². The predicted molar refractivity (Wildman–Crippen MR) is 106 cm³/mol. The minimum absolute atomic E-state index is 0. The highest BCUT2D eigenvalue weighted by Crippen LogP contribution is 2.38. The lowest BCUT2D eigenvalue weighted by Crippen LogP contribution is -2.42. The summed E-state index contributed by atoms with van der Waals surface area (Å²) in [5, 5.41) is 6.82. The highest BCUT2D eigenvalue weighted by Gasteiger charge is 2.31. The third kappa shape index (κ3) is 5.21. The van der Waals surface area contributed by atoms with E-state index >= 15 is 0 Å². The Hall–Kier alpha value is -1.06. The molecule has 25 heavy (non-hydrogen) atoms. The van der Waals surface area contributed by atoms with Gasteiger partial charge in [0.1, 0.15) is 0 Å². The molecule has 1 saturated carbocycles. The Labute approximate surface area is 158 Å². The van der Waals surface area contributed by atoms with E-state index in [1.165, 1.54) is 36.8 Å². The lowest BCUT2D eigenvalue weighted by molar-refractivity contribution is -0.127. The third-order valence-electron chi connectivity index (χ3n) is 5.98. The maximum atomic E-state index is 12.9. The summed E-state index contributed by atoms with van der Waals surface area (Å²) in [6, 6.07) is 8.76. The molecule has 1 aliphatic heterocycles. The van der Waals surface area contributed by atoms with Gasteiger partial charge in [-0.1, -0.05) is 44.0 Å². The number of rotatable bonds is 4. The molecule has 1 amide bonds. The number of piperidine rings is 1. The molecular formula is C21H33ClN2O.